The highest BCUT2D eigenvalue weighted by Gasteiger charge is 2.19. The molecule has 1 unspecified atom stereocenters. The molecule has 0 bridgehead atoms. The van der Waals surface area contributed by atoms with Gasteiger partial charge in [0.05, 0.1) is 17.4 Å². The van der Waals surface area contributed by atoms with Gasteiger partial charge in [0.1, 0.15) is 0 Å². The van der Waals surface area contributed by atoms with Crippen molar-refractivity contribution in [2.24, 2.45) is 0 Å². The van der Waals surface area contributed by atoms with Gasteiger partial charge in [-0.2, -0.15) is 0 Å². The van der Waals surface area contributed by atoms with E-state index in [0.29, 0.717) is 5.02 Å². The third kappa shape index (κ3) is 6.85. The number of benzene rings is 2. The van der Waals surface area contributed by atoms with Crippen LogP contribution in [0.5, 0.6) is 0 Å². The number of carbonyl (C=O) groups is 2. The zero-order chi connectivity index (χ0) is 21.4. The maximum Gasteiger partial charge on any atom is 0.307 e. The summed E-state index contributed by atoms with van der Waals surface area (Å²) in [6.07, 6.45) is -0.203. The molecule has 0 heterocycles. The number of carbonyl (C=O) groups excluding carboxylic acids is 2. The molecule has 29 heavy (non-hydrogen) atoms. The van der Waals surface area contributed by atoms with Crippen molar-refractivity contribution in [2.75, 3.05) is 20.2 Å². The molecule has 9 heteroatoms. The molecule has 1 amide bonds. The Labute approximate surface area is 175 Å². The minimum Gasteiger partial charge on any atom is -0.456 e. The molecule has 0 aromatic heterocycles. The van der Waals surface area contributed by atoms with Gasteiger partial charge in [-0.15, -0.1) is 0 Å². The van der Waals surface area contributed by atoms with Gasteiger partial charge in [0.15, 0.2) is 6.61 Å². The standard InChI is InChI=1S/C20H23ClN2O5S/c1-15(16-7-4-3-5-8-16)23(2)19(24)14-28-20(25)11-12-22-29(26,27)18-10-6-9-17(21)13-18/h3-10,13,15,22H,11-12,14H2,1-2H3. The van der Waals surface area contributed by atoms with Crippen molar-refractivity contribution in [1.29, 1.82) is 0 Å². The van der Waals surface area contributed by atoms with Gasteiger partial charge in [0.25, 0.3) is 5.91 Å². The van der Waals surface area contributed by atoms with Crippen LogP contribution in [-0.4, -0.2) is 45.4 Å². The minimum atomic E-state index is -3.78. The van der Waals surface area contributed by atoms with Crippen LogP contribution in [0.1, 0.15) is 24.9 Å². The van der Waals surface area contributed by atoms with Crippen LogP contribution in [0, 0.1) is 0 Å². The number of amides is 1. The molecule has 1 atom stereocenters. The van der Waals surface area contributed by atoms with Gasteiger partial charge in [0, 0.05) is 18.6 Å². The number of ether oxygens (including phenoxy) is 1. The molecule has 1 N–H and O–H groups in total. The molecule has 0 aliphatic rings. The summed E-state index contributed by atoms with van der Waals surface area (Å²) in [5, 5.41) is 0.291. The second-order valence-corrected chi connectivity index (χ2v) is 8.56. The van der Waals surface area contributed by atoms with Crippen molar-refractivity contribution < 1.29 is 22.7 Å². The van der Waals surface area contributed by atoms with E-state index in [1.165, 1.54) is 23.1 Å². The van der Waals surface area contributed by atoms with E-state index in [0.717, 1.165) is 5.56 Å². The Morgan fingerprint density at radius 2 is 1.83 bits per heavy atom. The van der Waals surface area contributed by atoms with Crippen LogP contribution in [0.15, 0.2) is 59.5 Å². The number of likely N-dealkylation sites (N-methyl/N-ethyl adjacent to an activating group) is 1. The molecule has 156 valence electrons. The Morgan fingerprint density at radius 3 is 2.48 bits per heavy atom. The monoisotopic (exact) mass is 438 g/mol. The van der Waals surface area contributed by atoms with E-state index in [2.05, 4.69) is 4.72 Å². The van der Waals surface area contributed by atoms with Crippen LogP contribution in [-0.2, 0) is 24.3 Å². The van der Waals surface area contributed by atoms with Crippen LogP contribution in [0.2, 0.25) is 5.02 Å². The van der Waals surface area contributed by atoms with Gasteiger partial charge in [-0.1, -0.05) is 48.0 Å². The van der Waals surface area contributed by atoms with Gasteiger partial charge in [-0.3, -0.25) is 9.59 Å². The highest BCUT2D eigenvalue weighted by Crippen LogP contribution is 2.18. The topological polar surface area (TPSA) is 92.8 Å². The number of sulfonamides is 1. The number of nitrogens with one attached hydrogen (secondary N) is 1. The second kappa shape index (κ2) is 10.4. The fourth-order valence-electron chi connectivity index (χ4n) is 2.49. The van der Waals surface area contributed by atoms with E-state index < -0.39 is 22.6 Å². The van der Waals surface area contributed by atoms with Gasteiger partial charge in [-0.05, 0) is 30.7 Å². The molecule has 0 aliphatic carbocycles. The first-order valence-corrected chi connectivity index (χ1v) is 10.8. The van der Waals surface area contributed by atoms with E-state index in [1.807, 2.05) is 37.3 Å². The van der Waals surface area contributed by atoms with Crippen LogP contribution < -0.4 is 4.72 Å². The maximum atomic E-state index is 12.2. The largest absolute Gasteiger partial charge is 0.456 e. The SMILES string of the molecule is CC(c1ccccc1)N(C)C(=O)COC(=O)CCNS(=O)(=O)c1cccc(Cl)c1. The Balaban J connectivity index is 1.77. The lowest BCUT2D eigenvalue weighted by molar-refractivity contribution is -0.152. The highest BCUT2D eigenvalue weighted by molar-refractivity contribution is 7.89. The average Bonchev–Trinajstić information content (AvgIpc) is 2.71. The molecule has 0 radical (unpaired) electrons. The molecule has 2 aromatic rings. The Kier molecular flexibility index (Phi) is 8.19. The Bertz CT molecular complexity index is 950. The van der Waals surface area contributed by atoms with Gasteiger partial charge in [0.2, 0.25) is 10.0 Å². The summed E-state index contributed by atoms with van der Waals surface area (Å²) in [4.78, 5) is 25.6. The molecule has 2 rings (SSSR count). The second-order valence-electron chi connectivity index (χ2n) is 6.36. The predicted octanol–water partition coefficient (Wildman–Crippen LogP) is 2.77. The summed E-state index contributed by atoms with van der Waals surface area (Å²) >= 11 is 5.79. The van der Waals surface area contributed by atoms with Crippen molar-refractivity contribution in [3.63, 3.8) is 0 Å². The van der Waals surface area contributed by atoms with E-state index in [9.17, 15) is 18.0 Å². The van der Waals surface area contributed by atoms with Gasteiger partial charge < -0.3 is 9.64 Å². The lowest BCUT2D eigenvalue weighted by Gasteiger charge is -2.25. The zero-order valence-electron chi connectivity index (χ0n) is 16.2. The van der Waals surface area contributed by atoms with E-state index in [1.54, 1.807) is 13.1 Å². The number of hydrogen-bond acceptors (Lipinski definition) is 5. The molecule has 2 aromatic carbocycles. The Morgan fingerprint density at radius 1 is 1.14 bits per heavy atom. The molecule has 0 saturated carbocycles. The van der Waals surface area contributed by atoms with Crippen molar-refractivity contribution >= 4 is 33.5 Å². The highest BCUT2D eigenvalue weighted by atomic mass is 35.5. The fourth-order valence-corrected chi connectivity index (χ4v) is 3.82. The van der Waals surface area contributed by atoms with Crippen LogP contribution in [0.25, 0.3) is 0 Å². The van der Waals surface area contributed by atoms with Crippen molar-refractivity contribution in [2.45, 2.75) is 24.3 Å². The zero-order valence-corrected chi connectivity index (χ0v) is 17.7. The summed E-state index contributed by atoms with van der Waals surface area (Å²) in [6.45, 7) is 1.31. The number of esters is 1. The maximum absolute atomic E-state index is 12.2. The molecule has 0 aliphatic heterocycles. The third-order valence-corrected chi connectivity index (χ3v) is 6.03. The lowest BCUT2D eigenvalue weighted by atomic mass is 10.1. The number of hydrogen-bond donors (Lipinski definition) is 1. The van der Waals surface area contributed by atoms with Crippen LogP contribution >= 0.6 is 11.6 Å². The van der Waals surface area contributed by atoms with E-state index in [4.69, 9.17) is 16.3 Å². The van der Waals surface area contributed by atoms with Crippen LogP contribution in [0.4, 0.5) is 0 Å². The first-order chi connectivity index (χ1) is 13.7. The average molecular weight is 439 g/mol. The van der Waals surface area contributed by atoms with Gasteiger partial charge >= 0.3 is 5.97 Å². The van der Waals surface area contributed by atoms with Crippen molar-refractivity contribution in [3.8, 4) is 0 Å². The number of nitrogens with zero attached hydrogens (tertiary/aromatic N) is 1. The van der Waals surface area contributed by atoms with Crippen LogP contribution in [0.3, 0.4) is 0 Å². The number of rotatable bonds is 9. The number of halogens is 1. The molecule has 0 spiro atoms. The van der Waals surface area contributed by atoms with Crippen molar-refractivity contribution in [3.05, 3.63) is 65.2 Å². The third-order valence-electron chi connectivity index (χ3n) is 4.34. The molecule has 0 saturated heterocycles. The molecule has 0 fully saturated rings. The molecule has 7 nitrogen and oxygen atoms in total. The van der Waals surface area contributed by atoms with E-state index in [-0.39, 0.29) is 29.8 Å². The summed E-state index contributed by atoms with van der Waals surface area (Å²) in [7, 11) is -2.15. The first-order valence-electron chi connectivity index (χ1n) is 8.92. The van der Waals surface area contributed by atoms with Crippen molar-refractivity contribution in [1.82, 2.24) is 9.62 Å². The molecular weight excluding hydrogens is 416 g/mol. The first kappa shape index (κ1) is 22.9. The normalized spacial score (nSPS) is 12.2. The summed E-state index contributed by atoms with van der Waals surface area (Å²) in [5.41, 5.74) is 0.963. The summed E-state index contributed by atoms with van der Waals surface area (Å²) in [6, 6.07) is 15.1. The quantitative estimate of drug-likeness (QED) is 0.607. The summed E-state index contributed by atoms with van der Waals surface area (Å²) < 4.78 is 31.6. The summed E-state index contributed by atoms with van der Waals surface area (Å²) in [5.74, 6) is -1.03. The lowest BCUT2D eigenvalue weighted by Crippen LogP contribution is -2.34. The van der Waals surface area contributed by atoms with E-state index >= 15 is 0 Å². The molecular formula is C20H23ClN2O5S. The smallest absolute Gasteiger partial charge is 0.307 e. The fraction of sp³-hybridized carbons (Fsp3) is 0.300. The Hall–Kier alpha value is -2.42. The minimum absolute atomic E-state index is 0.00469. The predicted molar refractivity (Wildman–Crippen MR) is 110 cm³/mol. The van der Waals surface area contributed by atoms with Gasteiger partial charge in [-0.25, -0.2) is 13.1 Å².